The number of hydrogen-bond acceptors (Lipinski definition) is 5. The molecule has 0 spiro atoms. The lowest BCUT2D eigenvalue weighted by atomic mass is 10.1. The van der Waals surface area contributed by atoms with E-state index < -0.39 is 0 Å². The molecule has 1 aromatic heterocycles. The highest BCUT2D eigenvalue weighted by molar-refractivity contribution is 7.09. The van der Waals surface area contributed by atoms with Crippen molar-refractivity contribution >= 4 is 29.7 Å². The van der Waals surface area contributed by atoms with Crippen LogP contribution in [0.1, 0.15) is 26.6 Å². The average Bonchev–Trinajstić information content (AvgIpc) is 2.95. The van der Waals surface area contributed by atoms with Crippen LogP contribution in [0.15, 0.2) is 23.6 Å². The molecule has 2 aromatic rings. The average molecular weight is 342 g/mol. The predicted octanol–water partition coefficient (Wildman–Crippen LogP) is 2.61. The Morgan fingerprint density at radius 3 is 2.73 bits per heavy atom. The summed E-state index contributed by atoms with van der Waals surface area (Å²) in [6, 6.07) is 5.90. The van der Waals surface area contributed by atoms with Gasteiger partial charge in [0.05, 0.1) is 7.11 Å². The molecule has 0 aliphatic rings. The minimum absolute atomic E-state index is 0. The molecular weight excluding hydrogens is 322 g/mol. The predicted molar refractivity (Wildman–Crippen MR) is 90.8 cm³/mol. The lowest BCUT2D eigenvalue weighted by Gasteiger charge is -2.17. The molecule has 0 saturated heterocycles. The number of aromatic nitrogens is 1. The molecule has 0 aliphatic carbocycles. The van der Waals surface area contributed by atoms with Crippen LogP contribution >= 0.6 is 23.7 Å². The smallest absolute Gasteiger partial charge is 0.273 e. The van der Waals surface area contributed by atoms with Crippen LogP contribution in [0, 0.1) is 6.92 Å². The molecule has 22 heavy (non-hydrogen) atoms. The van der Waals surface area contributed by atoms with Gasteiger partial charge in [0.15, 0.2) is 0 Å². The van der Waals surface area contributed by atoms with Crippen molar-refractivity contribution in [3.05, 3.63) is 45.4 Å². The lowest BCUT2D eigenvalue weighted by molar-refractivity contribution is 0.0780. The van der Waals surface area contributed by atoms with Crippen LogP contribution in [0.2, 0.25) is 0 Å². The van der Waals surface area contributed by atoms with Gasteiger partial charge in [-0.2, -0.15) is 0 Å². The van der Waals surface area contributed by atoms with Crippen molar-refractivity contribution in [2.45, 2.75) is 20.0 Å². The van der Waals surface area contributed by atoms with E-state index in [9.17, 15) is 4.79 Å². The Balaban J connectivity index is 0.00000242. The Morgan fingerprint density at radius 1 is 1.45 bits per heavy atom. The molecule has 2 rings (SSSR count). The maximum Gasteiger partial charge on any atom is 0.273 e. The highest BCUT2D eigenvalue weighted by Crippen LogP contribution is 2.20. The fourth-order valence-electron chi connectivity index (χ4n) is 2.08. The van der Waals surface area contributed by atoms with E-state index in [0.717, 1.165) is 21.9 Å². The molecule has 7 heteroatoms. The number of carbonyl (C=O) groups excluding carboxylic acids is 1. The van der Waals surface area contributed by atoms with Gasteiger partial charge in [0, 0.05) is 25.5 Å². The zero-order chi connectivity index (χ0) is 15.4. The molecule has 1 heterocycles. The number of nitrogens with zero attached hydrogens (tertiary/aromatic N) is 2. The van der Waals surface area contributed by atoms with Gasteiger partial charge in [-0.05, 0) is 24.1 Å². The third-order valence-corrected chi connectivity index (χ3v) is 4.04. The summed E-state index contributed by atoms with van der Waals surface area (Å²) in [5.41, 5.74) is 8.08. The third kappa shape index (κ3) is 4.19. The Bertz CT molecular complexity index is 645. The molecular formula is C15H20ClN3O2S. The van der Waals surface area contributed by atoms with Crippen molar-refractivity contribution in [2.24, 2.45) is 5.73 Å². The largest absolute Gasteiger partial charge is 0.496 e. The zero-order valence-electron chi connectivity index (χ0n) is 12.8. The first-order valence-electron chi connectivity index (χ1n) is 6.58. The number of carbonyl (C=O) groups is 1. The monoisotopic (exact) mass is 341 g/mol. The standard InChI is InChI=1S/C15H19N3O2S.ClH/c1-10-6-11(4-5-13(10)20-3)8-18(2)15(19)12-9-21-14(7-16)17-12;/h4-6,9H,7-8,16H2,1-3H3;1H. The second-order valence-electron chi connectivity index (χ2n) is 4.80. The van der Waals surface area contributed by atoms with Crippen LogP contribution in [0.3, 0.4) is 0 Å². The molecule has 0 atom stereocenters. The second kappa shape index (κ2) is 8.12. The zero-order valence-corrected chi connectivity index (χ0v) is 14.5. The fourth-order valence-corrected chi connectivity index (χ4v) is 2.73. The molecule has 0 aliphatic heterocycles. The number of rotatable bonds is 5. The van der Waals surface area contributed by atoms with E-state index in [-0.39, 0.29) is 18.3 Å². The van der Waals surface area contributed by atoms with Gasteiger partial charge in [-0.1, -0.05) is 12.1 Å². The van der Waals surface area contributed by atoms with Crippen molar-refractivity contribution < 1.29 is 9.53 Å². The number of aryl methyl sites for hydroxylation is 1. The van der Waals surface area contributed by atoms with E-state index in [1.165, 1.54) is 11.3 Å². The first kappa shape index (κ1) is 18.4. The summed E-state index contributed by atoms with van der Waals surface area (Å²) < 4.78 is 5.24. The number of hydrogen-bond donors (Lipinski definition) is 1. The van der Waals surface area contributed by atoms with Crippen molar-refractivity contribution in [3.8, 4) is 5.75 Å². The first-order valence-corrected chi connectivity index (χ1v) is 7.46. The number of thiazole rings is 1. The summed E-state index contributed by atoms with van der Waals surface area (Å²) in [5.74, 6) is 0.749. The van der Waals surface area contributed by atoms with Gasteiger partial charge < -0.3 is 15.4 Å². The van der Waals surface area contributed by atoms with E-state index in [2.05, 4.69) is 4.98 Å². The van der Waals surface area contributed by atoms with Crippen LogP contribution in [-0.2, 0) is 13.1 Å². The molecule has 0 fully saturated rings. The summed E-state index contributed by atoms with van der Waals surface area (Å²) in [7, 11) is 3.41. The van der Waals surface area contributed by atoms with E-state index >= 15 is 0 Å². The molecule has 0 bridgehead atoms. The summed E-state index contributed by atoms with van der Waals surface area (Å²) in [6.45, 7) is 2.87. The van der Waals surface area contributed by atoms with Crippen LogP contribution < -0.4 is 10.5 Å². The fraction of sp³-hybridized carbons (Fsp3) is 0.333. The maximum absolute atomic E-state index is 12.3. The summed E-state index contributed by atoms with van der Waals surface area (Å²) >= 11 is 1.41. The summed E-state index contributed by atoms with van der Waals surface area (Å²) in [4.78, 5) is 18.2. The van der Waals surface area contributed by atoms with Crippen molar-refractivity contribution in [1.29, 1.82) is 0 Å². The molecule has 1 amide bonds. The number of benzene rings is 1. The normalized spacial score (nSPS) is 10.0. The number of ether oxygens (including phenoxy) is 1. The molecule has 0 unspecified atom stereocenters. The van der Waals surface area contributed by atoms with Gasteiger partial charge in [0.2, 0.25) is 0 Å². The Morgan fingerprint density at radius 2 is 2.18 bits per heavy atom. The highest BCUT2D eigenvalue weighted by atomic mass is 35.5. The molecule has 0 saturated carbocycles. The third-order valence-electron chi connectivity index (χ3n) is 3.17. The Hall–Kier alpha value is -1.63. The van der Waals surface area contributed by atoms with E-state index in [1.54, 1.807) is 24.4 Å². The second-order valence-corrected chi connectivity index (χ2v) is 5.74. The van der Waals surface area contributed by atoms with Gasteiger partial charge in [-0.15, -0.1) is 23.7 Å². The molecule has 120 valence electrons. The molecule has 5 nitrogen and oxygen atoms in total. The Kier molecular flexibility index (Phi) is 6.80. The van der Waals surface area contributed by atoms with Gasteiger partial charge in [-0.25, -0.2) is 4.98 Å². The molecule has 0 radical (unpaired) electrons. The van der Waals surface area contributed by atoms with Crippen LogP contribution in [-0.4, -0.2) is 29.9 Å². The van der Waals surface area contributed by atoms with E-state index in [4.69, 9.17) is 10.5 Å². The number of methoxy groups -OCH3 is 1. The van der Waals surface area contributed by atoms with Crippen molar-refractivity contribution in [3.63, 3.8) is 0 Å². The summed E-state index contributed by atoms with van der Waals surface area (Å²) in [5, 5.41) is 2.52. The van der Waals surface area contributed by atoms with Gasteiger partial charge in [0.25, 0.3) is 5.91 Å². The number of amides is 1. The SMILES string of the molecule is COc1ccc(CN(C)C(=O)c2csc(CN)n2)cc1C.Cl. The number of halogens is 1. The maximum atomic E-state index is 12.3. The van der Waals surface area contributed by atoms with Gasteiger partial charge >= 0.3 is 0 Å². The lowest BCUT2D eigenvalue weighted by Crippen LogP contribution is -2.26. The molecule has 2 N–H and O–H groups in total. The number of nitrogens with two attached hydrogens (primary N) is 1. The topological polar surface area (TPSA) is 68.5 Å². The van der Waals surface area contributed by atoms with E-state index in [0.29, 0.717) is 18.8 Å². The van der Waals surface area contributed by atoms with Crippen LogP contribution in [0.25, 0.3) is 0 Å². The van der Waals surface area contributed by atoms with Crippen molar-refractivity contribution in [2.75, 3.05) is 14.2 Å². The highest BCUT2D eigenvalue weighted by Gasteiger charge is 2.15. The van der Waals surface area contributed by atoms with Gasteiger partial charge in [0.1, 0.15) is 16.5 Å². The summed E-state index contributed by atoms with van der Waals surface area (Å²) in [6.07, 6.45) is 0. The van der Waals surface area contributed by atoms with E-state index in [1.807, 2.05) is 25.1 Å². The van der Waals surface area contributed by atoms with Crippen LogP contribution in [0.5, 0.6) is 5.75 Å². The Labute approximate surface area is 140 Å². The molecule has 1 aromatic carbocycles. The van der Waals surface area contributed by atoms with Crippen molar-refractivity contribution in [1.82, 2.24) is 9.88 Å². The first-order chi connectivity index (χ1) is 10.0. The van der Waals surface area contributed by atoms with Gasteiger partial charge in [-0.3, -0.25) is 4.79 Å². The quantitative estimate of drug-likeness (QED) is 0.907. The minimum Gasteiger partial charge on any atom is -0.496 e. The van der Waals surface area contributed by atoms with Crippen LogP contribution in [0.4, 0.5) is 0 Å². The minimum atomic E-state index is -0.0978.